The molecule has 0 aliphatic heterocycles. The van der Waals surface area contributed by atoms with Gasteiger partial charge >= 0.3 is 0 Å². The molecular weight excluding hydrogens is 388 g/mol. The molecule has 3 aromatic rings. The first kappa shape index (κ1) is 19.9. The second kappa shape index (κ2) is 8.98. The van der Waals surface area contributed by atoms with Crippen LogP contribution in [0.1, 0.15) is 29.6 Å². The third kappa shape index (κ3) is 4.45. The van der Waals surface area contributed by atoms with Gasteiger partial charge in [-0.3, -0.25) is 4.79 Å². The number of halogens is 2. The van der Waals surface area contributed by atoms with E-state index in [4.69, 9.17) is 4.74 Å². The number of rotatable bonds is 6. The molecule has 1 fully saturated rings. The lowest BCUT2D eigenvalue weighted by Gasteiger charge is -2.22. The van der Waals surface area contributed by atoms with Gasteiger partial charge in [0.25, 0.3) is 5.91 Å². The van der Waals surface area contributed by atoms with Crippen molar-refractivity contribution in [1.29, 1.82) is 0 Å². The quantitative estimate of drug-likeness (QED) is 0.656. The monoisotopic (exact) mass is 409 g/mol. The van der Waals surface area contributed by atoms with Crippen molar-refractivity contribution in [2.45, 2.75) is 25.3 Å². The summed E-state index contributed by atoms with van der Waals surface area (Å²) >= 11 is 0. The molecule has 0 saturated heterocycles. The average Bonchev–Trinajstić information content (AvgIpc) is 3.20. The van der Waals surface area contributed by atoms with Crippen molar-refractivity contribution >= 4 is 5.91 Å². The van der Waals surface area contributed by atoms with Gasteiger partial charge in [-0.2, -0.15) is 0 Å². The van der Waals surface area contributed by atoms with Crippen molar-refractivity contribution < 1.29 is 18.3 Å². The summed E-state index contributed by atoms with van der Waals surface area (Å²) in [5.74, 6) is -0.474. The lowest BCUT2D eigenvalue weighted by atomic mass is 10.0. The topological polar surface area (TPSA) is 64.1 Å². The minimum absolute atomic E-state index is 0.0613. The second-order valence-corrected chi connectivity index (χ2v) is 7.27. The SMILES string of the molecule is O=C(N[C@H]1CCC[C@@H]1COc1ccc(F)cc1)c1c(F)cccc1-c1ncccn1. The summed E-state index contributed by atoms with van der Waals surface area (Å²) in [7, 11) is 0. The number of carbonyl (C=O) groups excluding carboxylic acids is 1. The van der Waals surface area contributed by atoms with E-state index in [1.807, 2.05) is 0 Å². The van der Waals surface area contributed by atoms with Gasteiger partial charge in [-0.1, -0.05) is 18.6 Å². The Labute approximate surface area is 173 Å². The molecule has 0 radical (unpaired) electrons. The summed E-state index contributed by atoms with van der Waals surface area (Å²) in [4.78, 5) is 21.3. The first-order chi connectivity index (χ1) is 14.6. The Kier molecular flexibility index (Phi) is 5.97. The van der Waals surface area contributed by atoms with Crippen molar-refractivity contribution in [1.82, 2.24) is 15.3 Å². The minimum atomic E-state index is -0.616. The molecule has 2 atom stereocenters. The van der Waals surface area contributed by atoms with Crippen LogP contribution >= 0.6 is 0 Å². The molecule has 5 nitrogen and oxygen atoms in total. The van der Waals surface area contributed by atoms with Gasteiger partial charge in [-0.15, -0.1) is 0 Å². The highest BCUT2D eigenvalue weighted by Crippen LogP contribution is 2.28. The summed E-state index contributed by atoms with van der Waals surface area (Å²) in [6.45, 7) is 0.391. The van der Waals surface area contributed by atoms with Crippen LogP contribution in [0.25, 0.3) is 11.4 Å². The highest BCUT2D eigenvalue weighted by molar-refractivity contribution is 6.00. The van der Waals surface area contributed by atoms with Gasteiger partial charge in [-0.25, -0.2) is 18.7 Å². The van der Waals surface area contributed by atoms with E-state index in [9.17, 15) is 13.6 Å². The first-order valence-electron chi connectivity index (χ1n) is 9.87. The molecule has 0 bridgehead atoms. The fourth-order valence-corrected chi connectivity index (χ4v) is 3.78. The molecule has 1 amide bonds. The van der Waals surface area contributed by atoms with Gasteiger partial charge < -0.3 is 10.1 Å². The van der Waals surface area contributed by atoms with Crippen LogP contribution in [0.4, 0.5) is 8.78 Å². The smallest absolute Gasteiger partial charge is 0.255 e. The molecule has 0 spiro atoms. The van der Waals surface area contributed by atoms with Gasteiger partial charge in [0.2, 0.25) is 0 Å². The van der Waals surface area contributed by atoms with E-state index in [0.717, 1.165) is 19.3 Å². The summed E-state index contributed by atoms with van der Waals surface area (Å²) in [6.07, 6.45) is 5.71. The van der Waals surface area contributed by atoms with E-state index in [1.54, 1.807) is 36.7 Å². The van der Waals surface area contributed by atoms with E-state index >= 15 is 0 Å². The van der Waals surface area contributed by atoms with Crippen molar-refractivity contribution in [2.24, 2.45) is 5.92 Å². The van der Waals surface area contributed by atoms with Crippen molar-refractivity contribution in [3.8, 4) is 17.1 Å². The molecule has 1 aromatic heterocycles. The van der Waals surface area contributed by atoms with Gasteiger partial charge in [-0.05, 0) is 49.2 Å². The molecule has 1 saturated carbocycles. The molecule has 1 heterocycles. The van der Waals surface area contributed by atoms with Crippen LogP contribution in [-0.4, -0.2) is 28.5 Å². The number of aromatic nitrogens is 2. The molecule has 1 N–H and O–H groups in total. The van der Waals surface area contributed by atoms with Crippen LogP contribution in [0.15, 0.2) is 60.9 Å². The summed E-state index contributed by atoms with van der Waals surface area (Å²) in [5.41, 5.74) is 0.291. The number of amides is 1. The van der Waals surface area contributed by atoms with Gasteiger partial charge in [0.15, 0.2) is 5.82 Å². The molecule has 2 aromatic carbocycles. The number of nitrogens with one attached hydrogen (secondary N) is 1. The number of hydrogen-bond acceptors (Lipinski definition) is 4. The molecule has 1 aliphatic carbocycles. The van der Waals surface area contributed by atoms with E-state index in [2.05, 4.69) is 15.3 Å². The second-order valence-electron chi connectivity index (χ2n) is 7.27. The number of nitrogens with zero attached hydrogens (tertiary/aromatic N) is 2. The minimum Gasteiger partial charge on any atom is -0.493 e. The zero-order valence-electron chi connectivity index (χ0n) is 16.2. The van der Waals surface area contributed by atoms with Crippen LogP contribution in [0.5, 0.6) is 5.75 Å². The lowest BCUT2D eigenvalue weighted by Crippen LogP contribution is -2.40. The van der Waals surface area contributed by atoms with Crippen molar-refractivity contribution in [3.63, 3.8) is 0 Å². The van der Waals surface area contributed by atoms with Crippen molar-refractivity contribution in [3.05, 3.63) is 78.1 Å². The van der Waals surface area contributed by atoms with Crippen LogP contribution in [0, 0.1) is 17.6 Å². The molecule has 30 heavy (non-hydrogen) atoms. The Morgan fingerprint density at radius 3 is 2.57 bits per heavy atom. The summed E-state index contributed by atoms with van der Waals surface area (Å²) in [5, 5.41) is 2.97. The molecular formula is C23H21F2N3O2. The predicted octanol–water partition coefficient (Wildman–Crippen LogP) is 4.40. The zero-order chi connectivity index (χ0) is 20.9. The van der Waals surface area contributed by atoms with E-state index in [-0.39, 0.29) is 23.3 Å². The number of carbonyl (C=O) groups is 1. The third-order valence-electron chi connectivity index (χ3n) is 5.30. The average molecular weight is 409 g/mol. The van der Waals surface area contributed by atoms with Crippen LogP contribution in [0.3, 0.4) is 0 Å². The largest absolute Gasteiger partial charge is 0.493 e. The predicted molar refractivity (Wildman–Crippen MR) is 108 cm³/mol. The summed E-state index contributed by atoms with van der Waals surface area (Å²) in [6, 6.07) is 11.8. The Morgan fingerprint density at radius 1 is 1.03 bits per heavy atom. The maximum atomic E-state index is 14.6. The molecule has 7 heteroatoms. The Bertz CT molecular complexity index is 1010. The number of ether oxygens (including phenoxy) is 1. The molecule has 1 aliphatic rings. The Morgan fingerprint density at radius 2 is 1.80 bits per heavy atom. The molecule has 154 valence electrons. The molecule has 0 unspecified atom stereocenters. The maximum Gasteiger partial charge on any atom is 0.255 e. The van der Waals surface area contributed by atoms with E-state index in [0.29, 0.717) is 23.7 Å². The van der Waals surface area contributed by atoms with E-state index < -0.39 is 11.7 Å². The Hall–Kier alpha value is -3.35. The number of hydrogen-bond donors (Lipinski definition) is 1. The van der Waals surface area contributed by atoms with E-state index in [1.165, 1.54) is 24.3 Å². The fourth-order valence-electron chi connectivity index (χ4n) is 3.78. The van der Waals surface area contributed by atoms with Gasteiger partial charge in [0.05, 0.1) is 12.2 Å². The number of benzene rings is 2. The van der Waals surface area contributed by atoms with Crippen molar-refractivity contribution in [2.75, 3.05) is 6.61 Å². The standard InChI is InChI=1S/C23H21F2N3O2/c24-16-8-10-17(11-9-16)30-14-15-4-1-7-20(15)28-23(29)21-18(5-2-6-19(21)25)22-26-12-3-13-27-22/h2-3,5-6,8-13,15,20H,1,4,7,14H2,(H,28,29)/t15-,20+/m1/s1. The van der Waals surface area contributed by atoms with Gasteiger partial charge in [0, 0.05) is 29.9 Å². The fraction of sp³-hybridized carbons (Fsp3) is 0.261. The third-order valence-corrected chi connectivity index (χ3v) is 5.30. The highest BCUT2D eigenvalue weighted by Gasteiger charge is 2.31. The summed E-state index contributed by atoms with van der Waals surface area (Å²) < 4.78 is 33.4. The normalized spacial score (nSPS) is 18.2. The van der Waals surface area contributed by atoms with Crippen LogP contribution in [0.2, 0.25) is 0 Å². The Balaban J connectivity index is 1.47. The maximum absolute atomic E-state index is 14.6. The zero-order valence-corrected chi connectivity index (χ0v) is 16.2. The highest BCUT2D eigenvalue weighted by atomic mass is 19.1. The first-order valence-corrected chi connectivity index (χ1v) is 9.87. The van der Waals surface area contributed by atoms with Crippen LogP contribution in [-0.2, 0) is 0 Å². The lowest BCUT2D eigenvalue weighted by molar-refractivity contribution is 0.0915. The molecule has 4 rings (SSSR count). The van der Waals surface area contributed by atoms with Gasteiger partial charge in [0.1, 0.15) is 17.4 Å². The van der Waals surface area contributed by atoms with Crippen LogP contribution < -0.4 is 10.1 Å².